The molecule has 1 amide bonds. The van der Waals surface area contributed by atoms with E-state index in [4.69, 9.17) is 9.16 Å². The van der Waals surface area contributed by atoms with Gasteiger partial charge in [-0.25, -0.2) is 0 Å². The second-order valence-electron chi connectivity index (χ2n) is 9.00. The number of rotatable bonds is 8. The summed E-state index contributed by atoms with van der Waals surface area (Å²) in [5.41, 5.74) is 2.32. The zero-order valence-electron chi connectivity index (χ0n) is 18.4. The molecule has 4 nitrogen and oxygen atoms in total. The molecule has 2 atom stereocenters. The molecule has 1 aromatic rings. The number of carbonyl (C=O) groups excluding carboxylic acids is 1. The summed E-state index contributed by atoms with van der Waals surface area (Å²) in [5.74, 6) is 1.22. The summed E-state index contributed by atoms with van der Waals surface area (Å²) in [6.45, 7) is 17.9. The van der Waals surface area contributed by atoms with Crippen molar-refractivity contribution in [2.45, 2.75) is 84.2 Å². The van der Waals surface area contributed by atoms with Crippen LogP contribution in [0.15, 0.2) is 24.3 Å². The first kappa shape index (κ1) is 22.0. The summed E-state index contributed by atoms with van der Waals surface area (Å²) in [6.07, 6.45) is -0.328. The molecular weight excluding hydrogens is 354 g/mol. The molecule has 0 saturated carbocycles. The molecule has 1 fully saturated rings. The third kappa shape index (κ3) is 3.81. The normalized spacial score (nSPS) is 20.8. The van der Waals surface area contributed by atoms with Gasteiger partial charge >= 0.3 is 0 Å². The highest BCUT2D eigenvalue weighted by Crippen LogP contribution is 2.46. The maximum absolute atomic E-state index is 13.2. The number of nitrogens with zero attached hydrogens (tertiary/aromatic N) is 1. The lowest BCUT2D eigenvalue weighted by molar-refractivity contribution is -0.137. The van der Waals surface area contributed by atoms with Gasteiger partial charge in [0.2, 0.25) is 8.32 Å². The second kappa shape index (κ2) is 8.35. The molecule has 1 heterocycles. The van der Waals surface area contributed by atoms with E-state index in [0.717, 1.165) is 11.4 Å². The van der Waals surface area contributed by atoms with Crippen LogP contribution in [0.1, 0.15) is 55.4 Å². The topological polar surface area (TPSA) is 38.8 Å². The number of carbonyl (C=O) groups is 1. The first-order valence-corrected chi connectivity index (χ1v) is 12.4. The summed E-state index contributed by atoms with van der Waals surface area (Å²) in [4.78, 5) is 15.1. The summed E-state index contributed by atoms with van der Waals surface area (Å²) in [6, 6.07) is 7.81. The number of hydrogen-bond acceptors (Lipinski definition) is 3. The number of benzene rings is 1. The highest BCUT2D eigenvalue weighted by Gasteiger charge is 2.56. The van der Waals surface area contributed by atoms with E-state index in [0.29, 0.717) is 22.5 Å². The predicted molar refractivity (Wildman–Crippen MR) is 115 cm³/mol. The van der Waals surface area contributed by atoms with Crippen molar-refractivity contribution in [2.75, 3.05) is 12.0 Å². The molecule has 0 radical (unpaired) electrons. The number of methoxy groups -OCH3 is 1. The van der Waals surface area contributed by atoms with E-state index in [1.165, 1.54) is 0 Å². The van der Waals surface area contributed by atoms with Gasteiger partial charge in [0.15, 0.2) is 0 Å². The molecule has 0 N–H and O–H groups in total. The van der Waals surface area contributed by atoms with Crippen LogP contribution in [-0.4, -0.2) is 33.5 Å². The van der Waals surface area contributed by atoms with Gasteiger partial charge in [0.1, 0.15) is 11.9 Å². The Labute approximate surface area is 166 Å². The highest BCUT2D eigenvalue weighted by molar-refractivity contribution is 6.77. The molecule has 27 heavy (non-hydrogen) atoms. The fourth-order valence-corrected chi connectivity index (χ4v) is 10.4. The van der Waals surface area contributed by atoms with E-state index in [9.17, 15) is 4.79 Å². The zero-order chi connectivity index (χ0) is 20.5. The van der Waals surface area contributed by atoms with Crippen LogP contribution in [-0.2, 0) is 9.22 Å². The van der Waals surface area contributed by atoms with Crippen LogP contribution in [0.3, 0.4) is 0 Å². The molecule has 0 spiro atoms. The molecule has 1 aliphatic heterocycles. The SMILES string of the molecule is COc1ccc(N2C(=O)[C@@H](O[Si](C(C)C)(C(C)C)C(C)C)[C@H]2C(C)C)cc1. The Morgan fingerprint density at radius 2 is 1.37 bits per heavy atom. The Balaban J connectivity index is 2.33. The summed E-state index contributed by atoms with van der Waals surface area (Å²) < 4.78 is 12.1. The average Bonchev–Trinajstić information content (AvgIpc) is 2.59. The van der Waals surface area contributed by atoms with Crippen molar-refractivity contribution in [1.29, 1.82) is 0 Å². The Kier molecular flexibility index (Phi) is 6.80. The summed E-state index contributed by atoms with van der Waals surface area (Å²) in [5, 5.41) is 0. The van der Waals surface area contributed by atoms with Crippen molar-refractivity contribution in [2.24, 2.45) is 5.92 Å². The van der Waals surface area contributed by atoms with Gasteiger partial charge in [-0.15, -0.1) is 0 Å². The standard InChI is InChI=1S/C22H37NO3Si/c1-14(2)20-21(26-27(15(3)4,16(5)6)17(7)8)22(24)23(20)18-10-12-19(25-9)13-11-18/h10-17,20-21H,1-9H3/t20-,21+/m1/s1. The van der Waals surface area contributed by atoms with E-state index in [1.54, 1.807) is 7.11 Å². The first-order chi connectivity index (χ1) is 12.6. The minimum absolute atomic E-state index is 0.0778. The molecule has 2 rings (SSSR count). The number of ether oxygens (including phenoxy) is 1. The van der Waals surface area contributed by atoms with Gasteiger partial charge in [-0.05, 0) is 46.8 Å². The van der Waals surface area contributed by atoms with Gasteiger partial charge in [0.05, 0.1) is 13.2 Å². The largest absolute Gasteiger partial charge is 0.497 e. The summed E-state index contributed by atoms with van der Waals surface area (Å²) >= 11 is 0. The Hall–Kier alpha value is -1.33. The predicted octanol–water partition coefficient (Wildman–Crippen LogP) is 5.63. The molecule has 0 bridgehead atoms. The van der Waals surface area contributed by atoms with Crippen molar-refractivity contribution in [3.05, 3.63) is 24.3 Å². The first-order valence-electron chi connectivity index (χ1n) is 10.2. The molecular formula is C22H37NO3Si. The maximum Gasteiger partial charge on any atom is 0.257 e. The van der Waals surface area contributed by atoms with Crippen molar-refractivity contribution in [3.63, 3.8) is 0 Å². The van der Waals surface area contributed by atoms with E-state index in [1.807, 2.05) is 29.2 Å². The lowest BCUT2D eigenvalue weighted by atomic mass is 9.87. The fraction of sp³-hybridized carbons (Fsp3) is 0.682. The Morgan fingerprint density at radius 1 is 0.889 bits per heavy atom. The van der Waals surface area contributed by atoms with Crippen molar-refractivity contribution >= 4 is 19.9 Å². The average molecular weight is 392 g/mol. The van der Waals surface area contributed by atoms with Crippen LogP contribution in [0.5, 0.6) is 5.75 Å². The van der Waals surface area contributed by atoms with E-state index < -0.39 is 8.32 Å². The van der Waals surface area contributed by atoms with Crippen molar-refractivity contribution in [1.82, 2.24) is 0 Å². The van der Waals surface area contributed by atoms with Crippen LogP contribution < -0.4 is 9.64 Å². The van der Waals surface area contributed by atoms with Gasteiger partial charge in [-0.3, -0.25) is 4.79 Å². The number of hydrogen-bond donors (Lipinski definition) is 0. The van der Waals surface area contributed by atoms with Gasteiger partial charge < -0.3 is 14.1 Å². The number of amides is 1. The van der Waals surface area contributed by atoms with E-state index in [-0.39, 0.29) is 18.1 Å². The lowest BCUT2D eigenvalue weighted by Gasteiger charge is -2.54. The van der Waals surface area contributed by atoms with Gasteiger partial charge in [0.25, 0.3) is 5.91 Å². The highest BCUT2D eigenvalue weighted by atomic mass is 28.4. The fourth-order valence-electron chi connectivity index (χ4n) is 4.92. The van der Waals surface area contributed by atoms with Crippen molar-refractivity contribution in [3.8, 4) is 5.75 Å². The molecule has 0 aliphatic carbocycles. The Morgan fingerprint density at radius 3 is 1.74 bits per heavy atom. The third-order valence-electron chi connectivity index (χ3n) is 6.16. The third-order valence-corrected chi connectivity index (χ3v) is 12.2. The molecule has 0 unspecified atom stereocenters. The molecule has 1 aromatic carbocycles. The zero-order valence-corrected chi connectivity index (χ0v) is 19.4. The van der Waals surface area contributed by atoms with Gasteiger partial charge in [-0.2, -0.15) is 0 Å². The van der Waals surface area contributed by atoms with E-state index in [2.05, 4.69) is 55.4 Å². The van der Waals surface area contributed by atoms with Crippen molar-refractivity contribution < 1.29 is 14.0 Å². The van der Waals surface area contributed by atoms with Crippen LogP contribution >= 0.6 is 0 Å². The molecule has 1 saturated heterocycles. The van der Waals surface area contributed by atoms with Gasteiger partial charge in [-0.1, -0.05) is 55.4 Å². The van der Waals surface area contributed by atoms with Gasteiger partial charge in [0, 0.05) is 5.69 Å². The number of anilines is 1. The van der Waals surface area contributed by atoms with Crippen LogP contribution in [0, 0.1) is 5.92 Å². The van der Waals surface area contributed by atoms with Crippen LogP contribution in [0.25, 0.3) is 0 Å². The summed E-state index contributed by atoms with van der Waals surface area (Å²) in [7, 11) is -0.451. The molecule has 0 aromatic heterocycles. The van der Waals surface area contributed by atoms with Crippen LogP contribution in [0.4, 0.5) is 5.69 Å². The minimum Gasteiger partial charge on any atom is -0.497 e. The van der Waals surface area contributed by atoms with Crippen LogP contribution in [0.2, 0.25) is 16.6 Å². The molecule has 1 aliphatic rings. The Bertz CT molecular complexity index is 618. The number of β-lactam (4-membered cyclic amide) rings is 1. The molecule has 152 valence electrons. The molecule has 5 heteroatoms. The maximum atomic E-state index is 13.2. The minimum atomic E-state index is -2.10. The second-order valence-corrected chi connectivity index (χ2v) is 14.4. The van der Waals surface area contributed by atoms with E-state index >= 15 is 0 Å². The lowest BCUT2D eigenvalue weighted by Crippen LogP contribution is -2.71. The quantitative estimate of drug-likeness (QED) is 0.426. The smallest absolute Gasteiger partial charge is 0.257 e. The monoisotopic (exact) mass is 391 g/mol.